The number of thiazole rings is 1. The highest BCUT2D eigenvalue weighted by Crippen LogP contribution is 2.27. The summed E-state index contributed by atoms with van der Waals surface area (Å²) in [6, 6.07) is 8.94. The van der Waals surface area contributed by atoms with Gasteiger partial charge in [-0.3, -0.25) is 9.59 Å². The Morgan fingerprint density at radius 1 is 1.14 bits per heavy atom. The molecule has 1 amide bonds. The molecule has 0 unspecified atom stereocenters. The molecule has 0 aliphatic carbocycles. The van der Waals surface area contributed by atoms with E-state index in [1.165, 1.54) is 11.3 Å². The number of ketones is 1. The number of nitrogens with zero attached hydrogens (tertiary/aromatic N) is 1. The Balaban J connectivity index is 0.00000243. The Bertz CT molecular complexity index is 773. The van der Waals surface area contributed by atoms with Crippen LogP contribution in [-0.4, -0.2) is 40.0 Å². The van der Waals surface area contributed by atoms with Crippen LogP contribution in [0.3, 0.4) is 0 Å². The first kappa shape index (κ1) is 26.5. The molecule has 1 fully saturated rings. The summed E-state index contributed by atoms with van der Waals surface area (Å²) >= 11 is 1.41. The van der Waals surface area contributed by atoms with E-state index in [9.17, 15) is 14.4 Å². The zero-order chi connectivity index (χ0) is 17.8. The predicted octanol–water partition coefficient (Wildman–Crippen LogP) is 2.09. The number of para-hydroxylation sites is 1. The number of carbonyl (C=O) groups is 3. The van der Waals surface area contributed by atoms with Gasteiger partial charge >= 0.3 is 5.97 Å². The van der Waals surface area contributed by atoms with Gasteiger partial charge < -0.3 is 15.2 Å². The van der Waals surface area contributed by atoms with Crippen LogP contribution in [0.2, 0.25) is 0 Å². The number of benzene rings is 1. The van der Waals surface area contributed by atoms with E-state index >= 15 is 0 Å². The lowest BCUT2D eigenvalue weighted by Gasteiger charge is -2.15. The molecule has 7 nitrogen and oxygen atoms in total. The summed E-state index contributed by atoms with van der Waals surface area (Å²) in [5.74, 6) is -2.49. The molecule has 3 atom stereocenters. The van der Waals surface area contributed by atoms with Gasteiger partial charge in [0.15, 0.2) is 18.0 Å². The van der Waals surface area contributed by atoms with E-state index in [0.717, 1.165) is 5.69 Å². The van der Waals surface area contributed by atoms with E-state index < -0.39 is 24.1 Å². The molecule has 0 radical (unpaired) electrons. The van der Waals surface area contributed by atoms with Crippen molar-refractivity contribution >= 4 is 75.2 Å². The summed E-state index contributed by atoms with van der Waals surface area (Å²) in [6.07, 6.45) is -1.84. The molecule has 1 saturated heterocycles. The van der Waals surface area contributed by atoms with Crippen LogP contribution in [0.5, 0.6) is 0 Å². The highest BCUT2D eigenvalue weighted by Gasteiger charge is 2.50. The Morgan fingerprint density at radius 2 is 1.82 bits per heavy atom. The van der Waals surface area contributed by atoms with Gasteiger partial charge in [-0.1, -0.05) is 18.2 Å². The number of ether oxygens (including phenoxy) is 1. The summed E-state index contributed by atoms with van der Waals surface area (Å²) < 4.78 is 4.88. The topological polar surface area (TPSA) is 109 Å². The molecule has 2 N–H and O–H groups in total. The molecule has 1 aromatic heterocycles. The van der Waals surface area contributed by atoms with Crippen molar-refractivity contribution in [2.75, 3.05) is 5.32 Å². The smallest absolute Gasteiger partial charge is 0.336 e. The molecule has 154 valence electrons. The van der Waals surface area contributed by atoms with Crippen LogP contribution in [0.25, 0.3) is 0 Å². The van der Waals surface area contributed by atoms with E-state index in [2.05, 4.69) is 10.3 Å². The molecule has 1 aliphatic rings. The van der Waals surface area contributed by atoms with Crippen molar-refractivity contribution in [2.45, 2.75) is 25.0 Å². The normalized spacial score (nSPS) is 17.7. The monoisotopic (exact) mass is 462 g/mol. The molecule has 28 heavy (non-hydrogen) atoms. The van der Waals surface area contributed by atoms with Gasteiger partial charge in [0, 0.05) is 23.9 Å². The van der Waals surface area contributed by atoms with Crippen molar-refractivity contribution in [3.8, 4) is 0 Å². The lowest BCUT2D eigenvalue weighted by atomic mass is 9.94. The molecule has 3 rings (SSSR count). The Labute approximate surface area is 187 Å². The Morgan fingerprint density at radius 3 is 2.36 bits per heavy atom. The molecule has 0 bridgehead atoms. The highest BCUT2D eigenvalue weighted by molar-refractivity contribution is 7.59. The van der Waals surface area contributed by atoms with Crippen LogP contribution in [0.15, 0.2) is 41.2 Å². The summed E-state index contributed by atoms with van der Waals surface area (Å²) in [5, 5.41) is 13.5. The fourth-order valence-electron chi connectivity index (χ4n) is 2.52. The molecule has 2 heterocycles. The lowest BCUT2D eigenvalue weighted by molar-refractivity contribution is -0.138. The van der Waals surface area contributed by atoms with Crippen LogP contribution >= 0.6 is 51.8 Å². The van der Waals surface area contributed by atoms with Crippen LogP contribution in [0.1, 0.15) is 12.1 Å². The number of hydrogen-bond acceptors (Lipinski definition) is 6. The molecule has 2 aromatic rings. The second kappa shape index (κ2) is 12.1. The van der Waals surface area contributed by atoms with Crippen LogP contribution in [0, 0.1) is 5.92 Å². The fraction of sp³-hybridized carbons (Fsp3) is 0.294. The Kier molecular flexibility index (Phi) is 11.5. The maximum Gasteiger partial charge on any atom is 0.336 e. The number of carbonyl (C=O) groups excluding carboxylic acids is 2. The number of hydrogen-bond donors (Lipinski definition) is 2. The molecular weight excluding hydrogens is 440 g/mol. The minimum Gasteiger partial charge on any atom is -0.479 e. The van der Waals surface area contributed by atoms with Crippen LogP contribution in [0.4, 0.5) is 5.69 Å². The summed E-state index contributed by atoms with van der Waals surface area (Å²) in [4.78, 5) is 39.8. The number of anilines is 1. The summed E-state index contributed by atoms with van der Waals surface area (Å²) in [5.41, 5.74) is 3.01. The van der Waals surface area contributed by atoms with Crippen molar-refractivity contribution in [1.82, 2.24) is 4.98 Å². The minimum absolute atomic E-state index is 0. The van der Waals surface area contributed by atoms with Crippen LogP contribution < -0.4 is 5.32 Å². The average molecular weight is 463 g/mol. The van der Waals surface area contributed by atoms with Gasteiger partial charge in [-0.2, -0.15) is 40.5 Å². The third-order valence-corrected chi connectivity index (χ3v) is 4.49. The molecular formula is C17H22N2O5S4. The van der Waals surface area contributed by atoms with Gasteiger partial charge in [-0.25, -0.2) is 9.78 Å². The van der Waals surface area contributed by atoms with Gasteiger partial charge in [0.1, 0.15) is 0 Å². The lowest BCUT2D eigenvalue weighted by Crippen LogP contribution is -2.29. The Hall–Kier alpha value is -1.53. The first-order chi connectivity index (χ1) is 12.0. The average Bonchev–Trinajstić information content (AvgIpc) is 3.25. The molecule has 0 saturated carbocycles. The summed E-state index contributed by atoms with van der Waals surface area (Å²) in [7, 11) is 0. The first-order valence-electron chi connectivity index (χ1n) is 7.68. The van der Waals surface area contributed by atoms with Gasteiger partial charge in [-0.15, -0.1) is 11.3 Å². The fourth-order valence-corrected chi connectivity index (χ4v) is 3.09. The van der Waals surface area contributed by atoms with Gasteiger partial charge in [0.25, 0.3) is 0 Å². The maximum absolute atomic E-state index is 12.6. The SMILES string of the molecule is O=C(Nc1ccccc1)[C@@H](CC(=O)[C@H]1O[C@@H]1C(=O)O)Cc1cscn1.S.S.S. The zero-order valence-electron chi connectivity index (χ0n) is 14.6. The van der Waals surface area contributed by atoms with Gasteiger partial charge in [-0.05, 0) is 12.1 Å². The second-order valence-corrected chi connectivity index (χ2v) is 6.44. The van der Waals surface area contributed by atoms with Gasteiger partial charge in [0.2, 0.25) is 5.91 Å². The number of aliphatic carboxylic acids is 1. The second-order valence-electron chi connectivity index (χ2n) is 5.72. The number of nitrogens with one attached hydrogen (secondary N) is 1. The number of carboxylic acid groups (broad SMARTS) is 1. The predicted molar refractivity (Wildman–Crippen MR) is 121 cm³/mol. The van der Waals surface area contributed by atoms with Gasteiger partial charge in [0.05, 0.1) is 17.1 Å². The van der Waals surface area contributed by atoms with E-state index in [4.69, 9.17) is 9.84 Å². The van der Waals surface area contributed by atoms with E-state index in [1.807, 2.05) is 11.4 Å². The quantitative estimate of drug-likeness (QED) is 0.582. The number of aromatic nitrogens is 1. The third-order valence-electron chi connectivity index (χ3n) is 3.85. The standard InChI is InChI=1S/C17H16N2O5S.3H2S/c20-13(14-15(24-14)17(22)23)7-10(6-12-8-25-9-18-12)16(21)19-11-4-2-1-3-5-11;;;/h1-5,8-10,14-15H,6-7H2,(H,19,21)(H,22,23);3*1H2/t10-,14-,15+;;;/m1.../s1. The number of epoxide rings is 1. The molecule has 1 aliphatic heterocycles. The van der Waals surface area contributed by atoms with Crippen molar-refractivity contribution in [3.05, 3.63) is 46.9 Å². The van der Waals surface area contributed by atoms with Crippen molar-refractivity contribution in [1.29, 1.82) is 0 Å². The van der Waals surface area contributed by atoms with E-state index in [1.54, 1.807) is 29.8 Å². The number of Topliss-reactive ketones (excluding diaryl/α,β-unsaturated/α-hetero) is 1. The first-order valence-corrected chi connectivity index (χ1v) is 8.63. The van der Waals surface area contributed by atoms with E-state index in [-0.39, 0.29) is 58.6 Å². The van der Waals surface area contributed by atoms with Crippen molar-refractivity contribution in [3.63, 3.8) is 0 Å². The molecule has 0 spiro atoms. The molecule has 11 heteroatoms. The summed E-state index contributed by atoms with van der Waals surface area (Å²) in [6.45, 7) is 0. The number of rotatable bonds is 8. The molecule has 1 aromatic carbocycles. The highest BCUT2D eigenvalue weighted by atomic mass is 32.1. The van der Waals surface area contributed by atoms with Crippen molar-refractivity contribution in [2.24, 2.45) is 5.92 Å². The zero-order valence-corrected chi connectivity index (χ0v) is 18.4. The third kappa shape index (κ3) is 7.13. The van der Waals surface area contributed by atoms with Crippen LogP contribution in [-0.2, 0) is 25.5 Å². The van der Waals surface area contributed by atoms with E-state index in [0.29, 0.717) is 12.1 Å². The number of carboxylic acids is 1. The van der Waals surface area contributed by atoms with Crippen molar-refractivity contribution < 1.29 is 24.2 Å². The largest absolute Gasteiger partial charge is 0.479 e. The minimum atomic E-state index is -1.16. The maximum atomic E-state index is 12.6. The number of amides is 1.